The highest BCUT2D eigenvalue weighted by Crippen LogP contribution is 2.12. The zero-order valence-corrected chi connectivity index (χ0v) is 13.6. The van der Waals surface area contributed by atoms with E-state index >= 15 is 0 Å². The number of amides is 2. The molecule has 2 N–H and O–H groups in total. The SMILES string of the molecule is CCCCNC(=O)CNc1ccc(C(=O)N2CCOCC2)cc1. The second kappa shape index (κ2) is 9.15. The molecule has 23 heavy (non-hydrogen) atoms. The largest absolute Gasteiger partial charge is 0.378 e. The van der Waals surface area contributed by atoms with E-state index in [2.05, 4.69) is 17.6 Å². The molecule has 6 heteroatoms. The van der Waals surface area contributed by atoms with Crippen LogP contribution in [0.1, 0.15) is 30.1 Å². The highest BCUT2D eigenvalue weighted by molar-refractivity contribution is 5.94. The first-order valence-electron chi connectivity index (χ1n) is 8.18. The van der Waals surface area contributed by atoms with E-state index in [-0.39, 0.29) is 18.4 Å². The van der Waals surface area contributed by atoms with Crippen LogP contribution < -0.4 is 10.6 Å². The third-order valence-electron chi connectivity index (χ3n) is 3.74. The van der Waals surface area contributed by atoms with Crippen LogP contribution in [0.15, 0.2) is 24.3 Å². The smallest absolute Gasteiger partial charge is 0.254 e. The van der Waals surface area contributed by atoms with Gasteiger partial charge in [-0.2, -0.15) is 0 Å². The van der Waals surface area contributed by atoms with E-state index in [1.807, 2.05) is 12.1 Å². The fourth-order valence-corrected chi connectivity index (χ4v) is 2.33. The second-order valence-corrected chi connectivity index (χ2v) is 5.54. The summed E-state index contributed by atoms with van der Waals surface area (Å²) in [5, 5.41) is 5.91. The number of nitrogens with one attached hydrogen (secondary N) is 2. The molecule has 1 aliphatic heterocycles. The minimum Gasteiger partial charge on any atom is -0.378 e. The molecule has 0 spiro atoms. The Kier molecular flexibility index (Phi) is 6.87. The van der Waals surface area contributed by atoms with Crippen molar-refractivity contribution in [3.05, 3.63) is 29.8 Å². The summed E-state index contributed by atoms with van der Waals surface area (Å²) >= 11 is 0. The molecule has 1 aliphatic rings. The van der Waals surface area contributed by atoms with Gasteiger partial charge in [-0.15, -0.1) is 0 Å². The van der Waals surface area contributed by atoms with Gasteiger partial charge in [-0.3, -0.25) is 9.59 Å². The molecule has 0 aromatic heterocycles. The van der Waals surface area contributed by atoms with Gasteiger partial charge in [0.2, 0.25) is 5.91 Å². The zero-order valence-electron chi connectivity index (χ0n) is 13.6. The molecule has 0 atom stereocenters. The highest BCUT2D eigenvalue weighted by Gasteiger charge is 2.18. The van der Waals surface area contributed by atoms with Gasteiger partial charge in [0.25, 0.3) is 5.91 Å². The molecule has 1 aromatic carbocycles. The van der Waals surface area contributed by atoms with Crippen LogP contribution in [0.25, 0.3) is 0 Å². The van der Waals surface area contributed by atoms with Crippen LogP contribution in [0.5, 0.6) is 0 Å². The van der Waals surface area contributed by atoms with Gasteiger partial charge < -0.3 is 20.3 Å². The van der Waals surface area contributed by atoms with Crippen LogP contribution in [0.2, 0.25) is 0 Å². The predicted octanol–water partition coefficient (Wildman–Crippen LogP) is 1.49. The summed E-state index contributed by atoms with van der Waals surface area (Å²) in [4.78, 5) is 25.7. The van der Waals surface area contributed by atoms with Crippen molar-refractivity contribution >= 4 is 17.5 Å². The van der Waals surface area contributed by atoms with Gasteiger partial charge in [0.1, 0.15) is 0 Å². The van der Waals surface area contributed by atoms with Gasteiger partial charge in [-0.25, -0.2) is 0 Å². The first kappa shape index (κ1) is 17.3. The van der Waals surface area contributed by atoms with Crippen molar-refractivity contribution in [1.82, 2.24) is 10.2 Å². The first-order valence-corrected chi connectivity index (χ1v) is 8.18. The molecule has 2 amide bonds. The maximum atomic E-state index is 12.3. The van der Waals surface area contributed by atoms with E-state index in [9.17, 15) is 9.59 Å². The molecule has 1 saturated heterocycles. The minimum absolute atomic E-state index is 0.0214. The van der Waals surface area contributed by atoms with Crippen molar-refractivity contribution in [2.45, 2.75) is 19.8 Å². The van der Waals surface area contributed by atoms with E-state index in [0.717, 1.165) is 18.5 Å². The van der Waals surface area contributed by atoms with Crippen LogP contribution in [0.3, 0.4) is 0 Å². The van der Waals surface area contributed by atoms with E-state index < -0.39 is 0 Å². The Balaban J connectivity index is 1.79. The molecule has 126 valence electrons. The number of hydrogen-bond donors (Lipinski definition) is 2. The standard InChI is InChI=1S/C17H25N3O3/c1-2-3-8-18-16(21)13-19-15-6-4-14(5-7-15)17(22)20-9-11-23-12-10-20/h4-7,19H,2-3,8-13H2,1H3,(H,18,21). The third kappa shape index (κ3) is 5.56. The lowest BCUT2D eigenvalue weighted by molar-refractivity contribution is -0.119. The number of nitrogens with zero attached hydrogens (tertiary/aromatic N) is 1. The van der Waals surface area contributed by atoms with Crippen molar-refractivity contribution in [1.29, 1.82) is 0 Å². The lowest BCUT2D eigenvalue weighted by Gasteiger charge is -2.26. The van der Waals surface area contributed by atoms with Crippen LogP contribution in [-0.4, -0.2) is 56.1 Å². The summed E-state index contributed by atoms with van der Waals surface area (Å²) in [5.74, 6) is 0.00378. The van der Waals surface area contributed by atoms with Crippen LogP contribution >= 0.6 is 0 Å². The van der Waals surface area contributed by atoms with Gasteiger partial charge in [-0.05, 0) is 30.7 Å². The maximum Gasteiger partial charge on any atom is 0.254 e. The van der Waals surface area contributed by atoms with Crippen molar-refractivity contribution < 1.29 is 14.3 Å². The summed E-state index contributed by atoms with van der Waals surface area (Å²) in [6, 6.07) is 7.23. The Hall–Kier alpha value is -2.08. The second-order valence-electron chi connectivity index (χ2n) is 5.54. The minimum atomic E-state index is -0.0214. The summed E-state index contributed by atoms with van der Waals surface area (Å²) in [5.41, 5.74) is 1.49. The quantitative estimate of drug-likeness (QED) is 0.747. The molecular weight excluding hydrogens is 294 g/mol. The van der Waals surface area contributed by atoms with Crippen molar-refractivity contribution in [2.75, 3.05) is 44.7 Å². The summed E-state index contributed by atoms with van der Waals surface area (Å²) in [6.45, 7) is 5.50. The van der Waals surface area contributed by atoms with Gasteiger partial charge in [0.15, 0.2) is 0 Å². The number of benzene rings is 1. The average Bonchev–Trinajstić information content (AvgIpc) is 2.61. The molecule has 2 rings (SSSR count). The normalized spacial score (nSPS) is 14.4. The Morgan fingerprint density at radius 1 is 1.17 bits per heavy atom. The number of morpholine rings is 1. The fourth-order valence-electron chi connectivity index (χ4n) is 2.33. The number of ether oxygens (including phenoxy) is 1. The summed E-state index contributed by atoms with van der Waals surface area (Å²) in [7, 11) is 0. The van der Waals surface area contributed by atoms with Crippen molar-refractivity contribution in [3.8, 4) is 0 Å². The van der Waals surface area contributed by atoms with E-state index in [0.29, 0.717) is 38.4 Å². The van der Waals surface area contributed by atoms with Crippen molar-refractivity contribution in [3.63, 3.8) is 0 Å². The van der Waals surface area contributed by atoms with Gasteiger partial charge in [0.05, 0.1) is 19.8 Å². The summed E-state index contributed by atoms with van der Waals surface area (Å²) in [6.07, 6.45) is 2.05. The third-order valence-corrected chi connectivity index (χ3v) is 3.74. The van der Waals surface area contributed by atoms with Gasteiger partial charge >= 0.3 is 0 Å². The average molecular weight is 319 g/mol. The van der Waals surface area contributed by atoms with E-state index in [1.165, 1.54) is 0 Å². The molecule has 6 nitrogen and oxygen atoms in total. The van der Waals surface area contributed by atoms with Crippen molar-refractivity contribution in [2.24, 2.45) is 0 Å². The Labute approximate surface area is 137 Å². The maximum absolute atomic E-state index is 12.3. The number of carbonyl (C=O) groups excluding carboxylic acids is 2. The van der Waals surface area contributed by atoms with Crippen LogP contribution in [-0.2, 0) is 9.53 Å². The molecule has 0 bridgehead atoms. The lowest BCUT2D eigenvalue weighted by Crippen LogP contribution is -2.40. The molecule has 0 radical (unpaired) electrons. The first-order chi connectivity index (χ1) is 11.2. The Morgan fingerprint density at radius 2 is 1.87 bits per heavy atom. The molecule has 1 heterocycles. The molecule has 0 saturated carbocycles. The molecule has 0 aliphatic carbocycles. The molecular formula is C17H25N3O3. The number of unbranched alkanes of at least 4 members (excludes halogenated alkanes) is 1. The predicted molar refractivity (Wildman–Crippen MR) is 89.6 cm³/mol. The van der Waals surface area contributed by atoms with E-state index in [4.69, 9.17) is 4.74 Å². The monoisotopic (exact) mass is 319 g/mol. The number of hydrogen-bond acceptors (Lipinski definition) is 4. The number of rotatable bonds is 7. The number of carbonyl (C=O) groups is 2. The van der Waals surface area contributed by atoms with Crippen LogP contribution in [0.4, 0.5) is 5.69 Å². The Morgan fingerprint density at radius 3 is 2.52 bits per heavy atom. The highest BCUT2D eigenvalue weighted by atomic mass is 16.5. The molecule has 1 fully saturated rings. The van der Waals surface area contributed by atoms with Gasteiger partial charge in [-0.1, -0.05) is 13.3 Å². The topological polar surface area (TPSA) is 70.7 Å². The Bertz CT molecular complexity index is 510. The lowest BCUT2D eigenvalue weighted by atomic mass is 10.1. The fraction of sp³-hybridized carbons (Fsp3) is 0.529. The van der Waals surface area contributed by atoms with E-state index in [1.54, 1.807) is 17.0 Å². The number of anilines is 1. The summed E-state index contributed by atoms with van der Waals surface area (Å²) < 4.78 is 5.25. The molecule has 1 aromatic rings. The van der Waals surface area contributed by atoms with Gasteiger partial charge in [0, 0.05) is 30.9 Å². The zero-order chi connectivity index (χ0) is 16.5. The molecule has 0 unspecified atom stereocenters. The van der Waals surface area contributed by atoms with Crippen LogP contribution in [0, 0.1) is 0 Å².